The molecule has 1 aromatic carbocycles. The first-order chi connectivity index (χ1) is 11.2. The first kappa shape index (κ1) is 18.0. The van der Waals surface area contributed by atoms with Gasteiger partial charge in [0.1, 0.15) is 0 Å². The lowest BCUT2D eigenvalue weighted by atomic mass is 10.0. The molecule has 6 heteroatoms. The number of anilines is 1. The quantitative estimate of drug-likeness (QED) is 0.684. The first-order valence-electron chi connectivity index (χ1n) is 8.18. The number of nitrogens with one attached hydrogen (secondary N) is 2. The van der Waals surface area contributed by atoms with E-state index in [1.54, 1.807) is 26.4 Å². The van der Waals surface area contributed by atoms with Crippen molar-refractivity contribution in [3.05, 3.63) is 24.0 Å². The van der Waals surface area contributed by atoms with Crippen molar-refractivity contribution < 1.29 is 18.6 Å². The molecule has 0 bridgehead atoms. The van der Waals surface area contributed by atoms with E-state index in [9.17, 15) is 4.39 Å². The van der Waals surface area contributed by atoms with Gasteiger partial charge >= 0.3 is 0 Å². The second kappa shape index (κ2) is 9.70. The molecule has 0 radical (unpaired) electrons. The minimum Gasteiger partial charge on any atom is -0.490 e. The van der Waals surface area contributed by atoms with Crippen LogP contribution in [0.1, 0.15) is 25.7 Å². The van der Waals surface area contributed by atoms with Crippen molar-refractivity contribution in [3.8, 4) is 5.75 Å². The average Bonchev–Trinajstić information content (AvgIpc) is 2.59. The summed E-state index contributed by atoms with van der Waals surface area (Å²) in [7, 11) is 3.16. The normalized spacial score (nSPS) is 18.2. The summed E-state index contributed by atoms with van der Waals surface area (Å²) in [6.45, 7) is 2.06. The van der Waals surface area contributed by atoms with Gasteiger partial charge in [0.25, 0.3) is 0 Å². The largest absolute Gasteiger partial charge is 0.490 e. The van der Waals surface area contributed by atoms with Crippen LogP contribution < -0.4 is 15.4 Å². The molecule has 1 unspecified atom stereocenters. The number of piperidine rings is 1. The number of ether oxygens (including phenoxy) is 3. The van der Waals surface area contributed by atoms with Crippen molar-refractivity contribution in [3.63, 3.8) is 0 Å². The maximum absolute atomic E-state index is 13.8. The zero-order valence-electron chi connectivity index (χ0n) is 13.9. The van der Waals surface area contributed by atoms with Gasteiger partial charge in [0.2, 0.25) is 0 Å². The van der Waals surface area contributed by atoms with Crippen LogP contribution in [0.4, 0.5) is 10.1 Å². The van der Waals surface area contributed by atoms with E-state index in [0.717, 1.165) is 18.7 Å². The fourth-order valence-electron chi connectivity index (χ4n) is 2.67. The molecule has 1 heterocycles. The molecule has 1 saturated heterocycles. The van der Waals surface area contributed by atoms with Gasteiger partial charge in [-0.1, -0.05) is 6.42 Å². The minimum atomic E-state index is -0.346. The summed E-state index contributed by atoms with van der Waals surface area (Å²) in [6.07, 6.45) is 4.21. The summed E-state index contributed by atoms with van der Waals surface area (Å²) in [5.74, 6) is -0.0700. The highest BCUT2D eigenvalue weighted by Crippen LogP contribution is 2.22. The van der Waals surface area contributed by atoms with E-state index in [-0.39, 0.29) is 17.9 Å². The number of hydrogen-bond acceptors (Lipinski definition) is 5. The molecular weight excluding hydrogens is 299 g/mol. The lowest BCUT2D eigenvalue weighted by Gasteiger charge is -2.23. The number of hydrogen-bond donors (Lipinski definition) is 2. The Balaban J connectivity index is 1.81. The Morgan fingerprint density at radius 1 is 1.30 bits per heavy atom. The molecule has 2 rings (SSSR count). The summed E-state index contributed by atoms with van der Waals surface area (Å²) in [5.41, 5.74) is 0.774. The van der Waals surface area contributed by atoms with Gasteiger partial charge in [-0.25, -0.2) is 4.39 Å². The van der Waals surface area contributed by atoms with Gasteiger partial charge in [0.05, 0.1) is 13.2 Å². The molecule has 1 aromatic rings. The maximum Gasteiger partial charge on any atom is 0.173 e. The third-order valence-corrected chi connectivity index (χ3v) is 4.07. The highest BCUT2D eigenvalue weighted by atomic mass is 19.1. The molecule has 5 nitrogen and oxygen atoms in total. The van der Waals surface area contributed by atoms with Crippen molar-refractivity contribution >= 4 is 5.69 Å². The molecule has 0 aromatic heterocycles. The van der Waals surface area contributed by atoms with Gasteiger partial charge in [0.15, 0.2) is 17.9 Å². The molecule has 0 amide bonds. The molecule has 130 valence electrons. The van der Waals surface area contributed by atoms with Crippen molar-refractivity contribution in [1.82, 2.24) is 5.32 Å². The van der Waals surface area contributed by atoms with Crippen LogP contribution in [-0.2, 0) is 9.47 Å². The first-order valence-corrected chi connectivity index (χ1v) is 8.18. The number of rotatable bonds is 9. The smallest absolute Gasteiger partial charge is 0.173 e. The molecule has 23 heavy (non-hydrogen) atoms. The van der Waals surface area contributed by atoms with Gasteiger partial charge in [-0.3, -0.25) is 0 Å². The number of methoxy groups -OCH3 is 2. The van der Waals surface area contributed by atoms with Gasteiger partial charge in [-0.2, -0.15) is 0 Å². The van der Waals surface area contributed by atoms with Crippen LogP contribution in [0.25, 0.3) is 0 Å². The van der Waals surface area contributed by atoms with E-state index >= 15 is 0 Å². The van der Waals surface area contributed by atoms with Crippen molar-refractivity contribution in [1.29, 1.82) is 0 Å². The number of benzene rings is 1. The Labute approximate surface area is 137 Å². The second-order valence-corrected chi connectivity index (χ2v) is 5.71. The predicted molar refractivity (Wildman–Crippen MR) is 88.4 cm³/mol. The molecule has 0 saturated carbocycles. The van der Waals surface area contributed by atoms with E-state index in [1.165, 1.54) is 25.3 Å². The molecule has 1 aliphatic heterocycles. The molecule has 1 fully saturated rings. The topological polar surface area (TPSA) is 51.8 Å². The Bertz CT molecular complexity index is 463. The van der Waals surface area contributed by atoms with Gasteiger partial charge in [-0.05, 0) is 37.9 Å². The SMILES string of the molecule is COC(CNc1ccc(F)c(OCCC2CCCCN2)c1)OC. The summed E-state index contributed by atoms with van der Waals surface area (Å²) < 4.78 is 29.7. The molecule has 1 aliphatic rings. The lowest BCUT2D eigenvalue weighted by molar-refractivity contribution is -0.0914. The van der Waals surface area contributed by atoms with Crippen LogP contribution in [0.2, 0.25) is 0 Å². The molecular formula is C17H27FN2O3. The van der Waals surface area contributed by atoms with Crippen molar-refractivity contribution in [2.75, 3.05) is 39.2 Å². The van der Waals surface area contributed by atoms with Crippen LogP contribution in [0, 0.1) is 5.82 Å². The Morgan fingerprint density at radius 3 is 2.83 bits per heavy atom. The van der Waals surface area contributed by atoms with Crippen LogP contribution in [0.3, 0.4) is 0 Å². The molecule has 1 atom stereocenters. The highest BCUT2D eigenvalue weighted by Gasteiger charge is 2.13. The van der Waals surface area contributed by atoms with Gasteiger partial charge < -0.3 is 24.8 Å². The van der Waals surface area contributed by atoms with Crippen molar-refractivity contribution in [2.24, 2.45) is 0 Å². The predicted octanol–water partition coefficient (Wildman–Crippen LogP) is 2.77. The summed E-state index contributed by atoms with van der Waals surface area (Å²) in [6, 6.07) is 5.24. The molecule has 2 N–H and O–H groups in total. The molecule has 0 aliphatic carbocycles. The zero-order chi connectivity index (χ0) is 16.5. The summed E-state index contributed by atoms with van der Waals surface area (Å²) in [5, 5.41) is 6.61. The Hall–Kier alpha value is -1.37. The fraction of sp³-hybridized carbons (Fsp3) is 0.647. The van der Waals surface area contributed by atoms with Crippen LogP contribution in [0.15, 0.2) is 18.2 Å². The zero-order valence-corrected chi connectivity index (χ0v) is 13.9. The van der Waals surface area contributed by atoms with Crippen LogP contribution in [0.5, 0.6) is 5.75 Å². The van der Waals surface area contributed by atoms with E-state index in [4.69, 9.17) is 14.2 Å². The Kier molecular flexibility index (Phi) is 7.58. The average molecular weight is 326 g/mol. The van der Waals surface area contributed by atoms with Crippen molar-refractivity contribution in [2.45, 2.75) is 38.0 Å². The maximum atomic E-state index is 13.8. The van der Waals surface area contributed by atoms with Crippen LogP contribution >= 0.6 is 0 Å². The van der Waals surface area contributed by atoms with E-state index in [0.29, 0.717) is 19.2 Å². The highest BCUT2D eigenvalue weighted by molar-refractivity contribution is 5.48. The standard InChI is InChI=1S/C17H27FN2O3/c1-21-17(22-2)12-20-14-6-7-15(18)16(11-14)23-10-8-13-5-3-4-9-19-13/h6-7,11,13,17,19-20H,3-5,8-10,12H2,1-2H3. The number of halogens is 1. The third-order valence-electron chi connectivity index (χ3n) is 4.07. The van der Waals surface area contributed by atoms with E-state index < -0.39 is 0 Å². The van der Waals surface area contributed by atoms with E-state index in [2.05, 4.69) is 10.6 Å². The summed E-state index contributed by atoms with van der Waals surface area (Å²) in [4.78, 5) is 0. The monoisotopic (exact) mass is 326 g/mol. The molecule has 0 spiro atoms. The fourth-order valence-corrected chi connectivity index (χ4v) is 2.67. The van der Waals surface area contributed by atoms with Gasteiger partial charge in [0, 0.05) is 32.0 Å². The summed E-state index contributed by atoms with van der Waals surface area (Å²) >= 11 is 0. The van der Waals surface area contributed by atoms with Crippen LogP contribution in [-0.4, -0.2) is 46.2 Å². The minimum absolute atomic E-state index is 0.275. The second-order valence-electron chi connectivity index (χ2n) is 5.71. The third kappa shape index (κ3) is 5.97. The van der Waals surface area contributed by atoms with Gasteiger partial charge in [-0.15, -0.1) is 0 Å². The van der Waals surface area contributed by atoms with E-state index in [1.807, 2.05) is 0 Å². The Morgan fingerprint density at radius 2 is 2.13 bits per heavy atom. The lowest BCUT2D eigenvalue weighted by Crippen LogP contribution is -2.35.